The van der Waals surface area contributed by atoms with Gasteiger partial charge in [-0.05, 0) is 74.6 Å². The number of nitro groups is 1. The predicted molar refractivity (Wildman–Crippen MR) is 225 cm³/mol. The van der Waals surface area contributed by atoms with Gasteiger partial charge in [0.1, 0.15) is 24.3 Å². The zero-order chi connectivity index (χ0) is 46.2. The number of ether oxygens (including phenoxy) is 7. The summed E-state index contributed by atoms with van der Waals surface area (Å²) in [6.07, 6.45) is -5.91. The molecule has 21 heteroatoms. The minimum absolute atomic E-state index is 0.0000164. The van der Waals surface area contributed by atoms with E-state index in [1.54, 1.807) is 37.3 Å². The van der Waals surface area contributed by atoms with Crippen molar-refractivity contribution in [3.63, 3.8) is 0 Å². The minimum atomic E-state index is -1.56. The minimum Gasteiger partial charge on any atom is -0.456 e. The van der Waals surface area contributed by atoms with Crippen molar-refractivity contribution in [2.45, 2.75) is 104 Å². The van der Waals surface area contributed by atoms with Crippen LogP contribution in [0, 0.1) is 17.0 Å². The van der Waals surface area contributed by atoms with E-state index in [1.165, 1.54) is 23.1 Å². The van der Waals surface area contributed by atoms with Crippen LogP contribution in [0.5, 0.6) is 11.5 Å². The molecule has 2 fully saturated rings. The highest BCUT2D eigenvalue weighted by molar-refractivity contribution is 6.31. The molecule has 0 saturated carbocycles. The van der Waals surface area contributed by atoms with Crippen LogP contribution in [-0.2, 0) is 44.7 Å². The number of nitro benzene ring substituents is 1. The highest BCUT2D eigenvalue weighted by Gasteiger charge is 2.52. The van der Waals surface area contributed by atoms with Crippen molar-refractivity contribution in [2.75, 3.05) is 13.1 Å². The second-order valence-electron chi connectivity index (χ2n) is 15.1. The van der Waals surface area contributed by atoms with Gasteiger partial charge in [-0.1, -0.05) is 36.2 Å². The SMILES string of the molecule is CC[C@H]1O[C@@H](Oc2ccc(COC(=O)NCC3CCCCN3C(=O)Oc3ccc(C)cc3-c3nc4ccc(Cl)cc4c(=O)[nH]3)cc2[N+](=O)[O-])[C@H](OC(C)=O)[C@@H](OC(C)=O)[C@H]1OC(C)=O. The molecule has 64 heavy (non-hydrogen) atoms. The van der Waals surface area contributed by atoms with Gasteiger partial charge in [0.2, 0.25) is 12.4 Å². The molecule has 20 nitrogen and oxygen atoms in total. The number of H-pyrrole nitrogens is 1. The third-order valence-electron chi connectivity index (χ3n) is 10.3. The van der Waals surface area contributed by atoms with Gasteiger partial charge in [-0.25, -0.2) is 14.6 Å². The van der Waals surface area contributed by atoms with E-state index in [-0.39, 0.29) is 35.9 Å². The molecule has 2 saturated heterocycles. The molecule has 4 aromatic rings. The van der Waals surface area contributed by atoms with Gasteiger partial charge < -0.3 is 48.4 Å². The molecule has 0 spiro atoms. The molecule has 1 unspecified atom stereocenters. The standard InChI is InChI=1S/C43H46ClN5O15/c1-6-33-36(59-23(3)50)37(60-24(4)51)38(61-25(5)52)41(62-33)63-35-15-11-26(18-32(35)49(56)57)21-58-42(54)45-20-28-9-7-8-16-48(28)43(55)64-34-14-10-22(2)17-30(34)39-46-31-13-12-27(44)19-29(31)40(53)47-39/h10-15,17-19,28,33,36-38,41H,6-9,16,20-21H2,1-5H3,(H,45,54)(H,46,47,53)/t28?,33-,36+,37+,38-,41+/m1/s1. The smallest absolute Gasteiger partial charge is 0.415 e. The zero-order valence-electron chi connectivity index (χ0n) is 35.5. The number of hydrogen-bond donors (Lipinski definition) is 2. The Bertz CT molecular complexity index is 2500. The number of carbonyl (C=O) groups excluding carboxylic acids is 5. The number of fused-ring (bicyclic) bond motifs is 1. The highest BCUT2D eigenvalue weighted by Crippen LogP contribution is 2.36. The lowest BCUT2D eigenvalue weighted by molar-refractivity contribution is -0.387. The van der Waals surface area contributed by atoms with Gasteiger partial charge in [-0.3, -0.25) is 29.3 Å². The van der Waals surface area contributed by atoms with Crippen LogP contribution in [0.1, 0.15) is 64.5 Å². The summed E-state index contributed by atoms with van der Waals surface area (Å²) in [6, 6.07) is 13.1. The first-order chi connectivity index (χ1) is 30.5. The first-order valence-electron chi connectivity index (χ1n) is 20.3. The van der Waals surface area contributed by atoms with Crippen LogP contribution in [0.2, 0.25) is 5.02 Å². The number of aromatic nitrogens is 2. The molecular formula is C43H46ClN5O15. The molecule has 0 bridgehead atoms. The number of likely N-dealkylation sites (tertiary alicyclic amines) is 1. The maximum atomic E-state index is 13.7. The van der Waals surface area contributed by atoms with E-state index in [0.717, 1.165) is 38.8 Å². The number of piperidine rings is 1. The average molecular weight is 908 g/mol. The summed E-state index contributed by atoms with van der Waals surface area (Å²) >= 11 is 6.08. The lowest BCUT2D eigenvalue weighted by atomic mass is 9.96. The normalized spacial score (nSPS) is 20.7. The Hall–Kier alpha value is -6.80. The van der Waals surface area contributed by atoms with Crippen LogP contribution in [0.25, 0.3) is 22.3 Å². The summed E-state index contributed by atoms with van der Waals surface area (Å²) in [5.74, 6) is -2.31. The number of benzene rings is 3. The number of esters is 3. The van der Waals surface area contributed by atoms with E-state index in [4.69, 9.17) is 44.8 Å². The summed E-state index contributed by atoms with van der Waals surface area (Å²) in [7, 11) is 0. The van der Waals surface area contributed by atoms with E-state index in [9.17, 15) is 38.9 Å². The molecule has 1 aromatic heterocycles. The number of rotatable bonds is 13. The molecule has 0 radical (unpaired) electrons. The molecule has 2 amide bonds. The quantitative estimate of drug-likeness (QED) is 0.0670. The number of carbonyl (C=O) groups is 5. The molecule has 0 aliphatic carbocycles. The molecule has 2 aliphatic heterocycles. The number of halogens is 1. The zero-order valence-corrected chi connectivity index (χ0v) is 36.2. The Balaban J connectivity index is 1.10. The van der Waals surface area contributed by atoms with Gasteiger partial charge in [0.25, 0.3) is 5.56 Å². The van der Waals surface area contributed by atoms with Gasteiger partial charge in [0, 0.05) is 44.9 Å². The Kier molecular flexibility index (Phi) is 15.0. The molecule has 340 valence electrons. The van der Waals surface area contributed by atoms with E-state index in [1.807, 2.05) is 6.92 Å². The summed E-state index contributed by atoms with van der Waals surface area (Å²) < 4.78 is 39.4. The van der Waals surface area contributed by atoms with Gasteiger partial charge in [0.05, 0.1) is 27.4 Å². The monoisotopic (exact) mass is 907 g/mol. The van der Waals surface area contributed by atoms with Crippen molar-refractivity contribution in [2.24, 2.45) is 0 Å². The highest BCUT2D eigenvalue weighted by atomic mass is 35.5. The van der Waals surface area contributed by atoms with Crippen LogP contribution in [-0.4, -0.2) is 99.7 Å². The average Bonchev–Trinajstić information content (AvgIpc) is 3.24. The predicted octanol–water partition coefficient (Wildman–Crippen LogP) is 6.05. The van der Waals surface area contributed by atoms with Crippen molar-refractivity contribution in [3.05, 3.63) is 91.2 Å². The number of hydrogen-bond acceptors (Lipinski definition) is 16. The lowest BCUT2D eigenvalue weighted by Gasteiger charge is -2.44. The first-order valence-corrected chi connectivity index (χ1v) is 20.7. The molecule has 6 rings (SSSR count). The van der Waals surface area contributed by atoms with E-state index in [2.05, 4.69) is 15.3 Å². The molecule has 3 heterocycles. The Labute approximate surface area is 370 Å². The number of alkyl carbamates (subject to hydrolysis) is 1. The van der Waals surface area contributed by atoms with Gasteiger partial charge >= 0.3 is 35.8 Å². The summed E-state index contributed by atoms with van der Waals surface area (Å²) in [5, 5.41) is 15.6. The number of aromatic amines is 1. The number of nitrogens with zero attached hydrogens (tertiary/aromatic N) is 3. The second-order valence-corrected chi connectivity index (χ2v) is 15.5. The molecule has 2 aliphatic rings. The van der Waals surface area contributed by atoms with Gasteiger partial charge in [-0.2, -0.15) is 0 Å². The fraction of sp³-hybridized carbons (Fsp3) is 0.419. The second kappa shape index (κ2) is 20.6. The topological polar surface area (TPSA) is 254 Å². The number of nitrogens with one attached hydrogen (secondary N) is 2. The maximum Gasteiger partial charge on any atom is 0.415 e. The lowest BCUT2D eigenvalue weighted by Crippen LogP contribution is -2.62. The van der Waals surface area contributed by atoms with Crippen LogP contribution in [0.4, 0.5) is 15.3 Å². The Morgan fingerprint density at radius 3 is 2.34 bits per heavy atom. The summed E-state index contributed by atoms with van der Waals surface area (Å²) in [5.41, 5.74) is 0.842. The van der Waals surface area contributed by atoms with Gasteiger partial charge in [0.15, 0.2) is 18.0 Å². The van der Waals surface area contributed by atoms with Gasteiger partial charge in [-0.15, -0.1) is 0 Å². The first kappa shape index (κ1) is 46.7. The van der Waals surface area contributed by atoms with Crippen LogP contribution in [0.3, 0.4) is 0 Å². The van der Waals surface area contributed by atoms with E-state index >= 15 is 0 Å². The third-order valence-corrected chi connectivity index (χ3v) is 10.6. The fourth-order valence-corrected chi connectivity index (χ4v) is 7.63. The molecule has 6 atom stereocenters. The molecule has 2 N–H and O–H groups in total. The van der Waals surface area contributed by atoms with Crippen molar-refractivity contribution in [1.82, 2.24) is 20.2 Å². The fourth-order valence-electron chi connectivity index (χ4n) is 7.46. The summed E-state index contributed by atoms with van der Waals surface area (Å²) in [6.45, 7) is 6.81. The number of aryl methyl sites for hydroxylation is 1. The third kappa shape index (κ3) is 11.4. The van der Waals surface area contributed by atoms with Crippen molar-refractivity contribution in [3.8, 4) is 22.9 Å². The van der Waals surface area contributed by atoms with Crippen molar-refractivity contribution < 1.29 is 62.1 Å². The maximum absolute atomic E-state index is 13.7. The van der Waals surface area contributed by atoms with Crippen molar-refractivity contribution in [1.29, 1.82) is 0 Å². The van der Waals surface area contributed by atoms with E-state index < -0.39 is 89.6 Å². The molecular weight excluding hydrogens is 862 g/mol. The Morgan fingerprint density at radius 1 is 0.938 bits per heavy atom. The van der Waals surface area contributed by atoms with E-state index in [0.29, 0.717) is 40.9 Å². The van der Waals surface area contributed by atoms with Crippen molar-refractivity contribution >= 4 is 58.3 Å². The largest absolute Gasteiger partial charge is 0.456 e. The summed E-state index contributed by atoms with van der Waals surface area (Å²) in [4.78, 5) is 96.1. The van der Waals surface area contributed by atoms with Crippen LogP contribution in [0.15, 0.2) is 59.4 Å². The number of amides is 2. The van der Waals surface area contributed by atoms with Crippen LogP contribution >= 0.6 is 11.6 Å². The Morgan fingerprint density at radius 2 is 1.64 bits per heavy atom. The van der Waals surface area contributed by atoms with Crippen LogP contribution < -0.4 is 20.3 Å². The molecule has 3 aromatic carbocycles.